The summed E-state index contributed by atoms with van der Waals surface area (Å²) in [4.78, 5) is 20.0. The molecule has 3 aliphatic rings. The molecular formula is C29H35N3O3S. The normalized spacial score (nSPS) is 23.4. The molecule has 5 rings (SSSR count). The summed E-state index contributed by atoms with van der Waals surface area (Å²) in [5, 5.41) is 0. The van der Waals surface area contributed by atoms with Crippen LogP contribution in [0.1, 0.15) is 62.4 Å². The van der Waals surface area contributed by atoms with Crippen LogP contribution in [0, 0.1) is 5.41 Å². The first-order valence-corrected chi connectivity index (χ1v) is 13.8. The molecule has 1 saturated heterocycles. The summed E-state index contributed by atoms with van der Waals surface area (Å²) in [5.41, 5.74) is 4.05. The van der Waals surface area contributed by atoms with Crippen molar-refractivity contribution in [2.24, 2.45) is 10.4 Å². The summed E-state index contributed by atoms with van der Waals surface area (Å²) in [6.45, 7) is 7.34. The fraction of sp³-hybridized carbons (Fsp3) is 0.448. The van der Waals surface area contributed by atoms with E-state index in [0.29, 0.717) is 18.8 Å². The Morgan fingerprint density at radius 3 is 2.61 bits per heavy atom. The summed E-state index contributed by atoms with van der Waals surface area (Å²) in [5.74, 6) is 0.773. The minimum Gasteiger partial charge on any atom is -0.497 e. The topological polar surface area (TPSA) is 71.0 Å². The van der Waals surface area contributed by atoms with Crippen LogP contribution in [0.25, 0.3) is 0 Å². The lowest BCUT2D eigenvalue weighted by molar-refractivity contribution is -0.126. The molecule has 1 spiro atoms. The lowest BCUT2D eigenvalue weighted by Gasteiger charge is -2.44. The zero-order valence-corrected chi connectivity index (χ0v) is 22.3. The largest absolute Gasteiger partial charge is 0.497 e. The lowest BCUT2D eigenvalue weighted by atomic mass is 9.73. The molecule has 0 bridgehead atoms. The highest BCUT2D eigenvalue weighted by Crippen LogP contribution is 2.52. The Hall–Kier alpha value is -2.77. The molecule has 1 fully saturated rings. The summed E-state index contributed by atoms with van der Waals surface area (Å²) in [7, 11) is 0.473. The first-order valence-electron chi connectivity index (χ1n) is 12.7. The lowest BCUT2D eigenvalue weighted by Crippen LogP contribution is -2.50. The fourth-order valence-corrected chi connectivity index (χ4v) is 6.54. The van der Waals surface area contributed by atoms with Gasteiger partial charge >= 0.3 is 0 Å². The van der Waals surface area contributed by atoms with Crippen LogP contribution in [0.4, 0.5) is 0 Å². The van der Waals surface area contributed by atoms with E-state index in [2.05, 4.69) is 29.0 Å². The highest BCUT2D eigenvalue weighted by atomic mass is 32.2. The number of piperidine rings is 1. The van der Waals surface area contributed by atoms with E-state index in [1.807, 2.05) is 62.1 Å². The number of methoxy groups -OCH3 is 1. The van der Waals surface area contributed by atoms with E-state index in [-0.39, 0.29) is 28.2 Å². The standard InChI is InChI=1S/C29H35N3O3S/c1-28(2,3)36(34)31-26-23-11-6-5-8-21(23)19-29(26)14-16-32(17-15-29)27(33)25-13-12-24(30-25)20-9-7-10-22(18-20)35-4/h5-13,18,24,26,31H,14-17,19H2,1-4H3/t24?,26-,36-/m1/s1. The van der Waals surface area contributed by atoms with Gasteiger partial charge in [0.25, 0.3) is 5.91 Å². The molecule has 2 aliphatic heterocycles. The van der Waals surface area contributed by atoms with Gasteiger partial charge in [0.05, 0.1) is 34.9 Å². The van der Waals surface area contributed by atoms with Crippen molar-refractivity contribution >= 4 is 22.6 Å². The molecule has 2 heterocycles. The van der Waals surface area contributed by atoms with Crippen molar-refractivity contribution in [1.82, 2.24) is 9.62 Å². The van der Waals surface area contributed by atoms with Crippen molar-refractivity contribution in [3.8, 4) is 5.75 Å². The highest BCUT2D eigenvalue weighted by molar-refractivity contribution is 7.84. The molecule has 0 radical (unpaired) electrons. The van der Waals surface area contributed by atoms with Crippen molar-refractivity contribution in [2.75, 3.05) is 20.2 Å². The van der Waals surface area contributed by atoms with Crippen LogP contribution < -0.4 is 9.46 Å². The molecule has 36 heavy (non-hydrogen) atoms. The van der Waals surface area contributed by atoms with Crippen LogP contribution in [0.5, 0.6) is 5.75 Å². The second-order valence-corrected chi connectivity index (χ2v) is 13.1. The number of nitrogens with one attached hydrogen (secondary N) is 1. The molecule has 7 heteroatoms. The van der Waals surface area contributed by atoms with E-state index in [1.165, 1.54) is 11.1 Å². The number of amides is 1. The van der Waals surface area contributed by atoms with E-state index in [1.54, 1.807) is 7.11 Å². The van der Waals surface area contributed by atoms with Crippen molar-refractivity contribution in [3.63, 3.8) is 0 Å². The van der Waals surface area contributed by atoms with Gasteiger partial charge in [0.15, 0.2) is 0 Å². The third-order valence-corrected chi connectivity index (χ3v) is 9.28. The number of hydrogen-bond donors (Lipinski definition) is 1. The van der Waals surface area contributed by atoms with Gasteiger partial charge in [0, 0.05) is 13.1 Å². The predicted molar refractivity (Wildman–Crippen MR) is 144 cm³/mol. The molecule has 190 valence electrons. The third-order valence-electron chi connectivity index (χ3n) is 7.72. The van der Waals surface area contributed by atoms with Gasteiger partial charge in [-0.2, -0.15) is 0 Å². The van der Waals surface area contributed by atoms with E-state index in [4.69, 9.17) is 9.73 Å². The van der Waals surface area contributed by atoms with E-state index in [0.717, 1.165) is 30.6 Å². The number of rotatable bonds is 5. The Balaban J connectivity index is 1.30. The summed E-state index contributed by atoms with van der Waals surface area (Å²) in [6, 6.07) is 16.2. The van der Waals surface area contributed by atoms with Gasteiger partial charge < -0.3 is 9.64 Å². The Labute approximate surface area is 216 Å². The van der Waals surface area contributed by atoms with Gasteiger partial charge in [-0.1, -0.05) is 42.5 Å². The molecule has 3 atom stereocenters. The number of hydrogen-bond acceptors (Lipinski definition) is 4. The second kappa shape index (κ2) is 9.60. The minimum atomic E-state index is -1.17. The monoisotopic (exact) mass is 505 g/mol. The number of likely N-dealkylation sites (tertiary alicyclic amines) is 1. The minimum absolute atomic E-state index is 0.00946. The van der Waals surface area contributed by atoms with Crippen LogP contribution in [-0.4, -0.2) is 45.7 Å². The number of carbonyl (C=O) groups is 1. The average molecular weight is 506 g/mol. The van der Waals surface area contributed by atoms with Gasteiger partial charge in [-0.15, -0.1) is 0 Å². The quantitative estimate of drug-likeness (QED) is 0.640. The Morgan fingerprint density at radius 2 is 1.89 bits per heavy atom. The van der Waals surface area contributed by atoms with Gasteiger partial charge in [0.2, 0.25) is 0 Å². The molecule has 1 unspecified atom stereocenters. The molecule has 2 aromatic rings. The van der Waals surface area contributed by atoms with E-state index in [9.17, 15) is 9.00 Å². The van der Waals surface area contributed by atoms with Gasteiger partial charge in [-0.3, -0.25) is 9.79 Å². The Kier molecular flexibility index (Phi) is 6.64. The maximum atomic E-state index is 13.4. The maximum Gasteiger partial charge on any atom is 0.272 e. The van der Waals surface area contributed by atoms with Crippen molar-refractivity contribution in [2.45, 2.75) is 56.9 Å². The molecular weight excluding hydrogens is 470 g/mol. The van der Waals surface area contributed by atoms with E-state index < -0.39 is 11.0 Å². The SMILES string of the molecule is COc1cccc(C2C=CC(C(=O)N3CCC4(CC3)Cc3ccccc3[C@H]4N[S@](=O)C(C)(C)C)=N2)c1. The zero-order valence-electron chi connectivity index (χ0n) is 21.5. The number of benzene rings is 2. The first-order chi connectivity index (χ1) is 17.2. The number of nitrogens with zero attached hydrogens (tertiary/aromatic N) is 2. The average Bonchev–Trinajstić information content (AvgIpc) is 3.48. The number of carbonyl (C=O) groups excluding carboxylic acids is 1. The van der Waals surface area contributed by atoms with E-state index >= 15 is 0 Å². The number of ether oxygens (including phenoxy) is 1. The summed E-state index contributed by atoms with van der Waals surface area (Å²) in [6.07, 6.45) is 6.50. The van der Waals surface area contributed by atoms with Crippen LogP contribution in [0.2, 0.25) is 0 Å². The van der Waals surface area contributed by atoms with Crippen molar-refractivity contribution < 1.29 is 13.7 Å². The van der Waals surface area contributed by atoms with Gasteiger partial charge in [-0.25, -0.2) is 8.93 Å². The molecule has 1 amide bonds. The molecule has 1 aliphatic carbocycles. The number of fused-ring (bicyclic) bond motifs is 1. The second-order valence-electron chi connectivity index (χ2n) is 11.1. The van der Waals surface area contributed by atoms with Gasteiger partial charge in [0.1, 0.15) is 11.5 Å². The van der Waals surface area contributed by atoms with Crippen molar-refractivity contribution in [1.29, 1.82) is 0 Å². The van der Waals surface area contributed by atoms with Crippen LogP contribution in [0.3, 0.4) is 0 Å². The van der Waals surface area contributed by atoms with Gasteiger partial charge in [-0.05, 0) is 80.3 Å². The molecule has 6 nitrogen and oxygen atoms in total. The molecule has 2 aromatic carbocycles. The summed E-state index contributed by atoms with van der Waals surface area (Å²) >= 11 is 0. The maximum absolute atomic E-state index is 13.4. The molecule has 0 aromatic heterocycles. The predicted octanol–water partition coefficient (Wildman–Crippen LogP) is 4.71. The fourth-order valence-electron chi connectivity index (χ4n) is 5.60. The highest BCUT2D eigenvalue weighted by Gasteiger charge is 2.49. The van der Waals surface area contributed by atoms with Crippen molar-refractivity contribution in [3.05, 3.63) is 77.4 Å². The third kappa shape index (κ3) is 4.66. The Morgan fingerprint density at radius 1 is 1.14 bits per heavy atom. The Bertz CT molecular complexity index is 1240. The molecule has 0 saturated carbocycles. The van der Waals surface area contributed by atoms with Crippen LogP contribution >= 0.6 is 0 Å². The zero-order chi connectivity index (χ0) is 25.5. The first kappa shape index (κ1) is 24.9. The van der Waals surface area contributed by atoms with Crippen LogP contribution in [0.15, 0.2) is 65.7 Å². The summed E-state index contributed by atoms with van der Waals surface area (Å²) < 4.78 is 21.6. The smallest absolute Gasteiger partial charge is 0.272 e. The molecule has 1 N–H and O–H groups in total. The van der Waals surface area contributed by atoms with Crippen LogP contribution in [-0.2, 0) is 22.2 Å². The number of aliphatic imine (C=N–C) groups is 1.